The minimum absolute atomic E-state index is 0.0275. The molecule has 2 heterocycles. The zero-order chi connectivity index (χ0) is 52.7. The lowest BCUT2D eigenvalue weighted by Crippen LogP contribution is -2.61. The van der Waals surface area contributed by atoms with E-state index in [0.717, 1.165) is 22.5 Å². The van der Waals surface area contributed by atoms with Gasteiger partial charge in [0.05, 0.1) is 0 Å². The standard InChI is InChI=1S/C75H59BN2/c1-74(2,3)57-30-24-27-51(46-57)52-43-53(45-55(44-52)72-63-37-20-18-35-61(63)71(50-25-10-6-11-26-50)62-36-19-21-38-64(62)72)54-47-69-73-70(48-54)78(60-33-16-9-17-34-60)68-42-41-58(75(4,5)56-28-12-7-13-29-56)49-66(68)76(73)65-39-22-23-40-67(65)77(69)59-31-14-8-15-32-59/h6-49H,1-5H3. The van der Waals surface area contributed by atoms with Crippen molar-refractivity contribution in [3.63, 3.8) is 0 Å². The Labute approximate surface area is 459 Å². The van der Waals surface area contributed by atoms with E-state index < -0.39 is 0 Å². The van der Waals surface area contributed by atoms with E-state index >= 15 is 0 Å². The molecule has 0 amide bonds. The minimum Gasteiger partial charge on any atom is -0.311 e. The molecule has 2 nitrogen and oxygen atoms in total. The molecule has 372 valence electrons. The maximum absolute atomic E-state index is 2.55. The molecule has 12 aromatic rings. The SMILES string of the molecule is CC(C)(C)c1cccc(-c2cc(-c3cc4c5c(c3)N(c3ccccc3)c3ccc(C(C)(C)c6ccccc6)cc3B5c3ccccc3N4c3ccccc3)cc(-c3c4ccccc4c(-c4ccccc4)c4ccccc34)c2)c1. The van der Waals surface area contributed by atoms with Crippen molar-refractivity contribution in [1.82, 2.24) is 0 Å². The predicted molar refractivity (Wildman–Crippen MR) is 334 cm³/mol. The van der Waals surface area contributed by atoms with Crippen LogP contribution in [0.25, 0.3) is 66.1 Å². The molecule has 78 heavy (non-hydrogen) atoms. The third-order valence-corrected chi connectivity index (χ3v) is 16.8. The Morgan fingerprint density at radius 3 is 1.29 bits per heavy atom. The van der Waals surface area contributed by atoms with E-state index in [2.05, 4.69) is 311 Å². The highest BCUT2D eigenvalue weighted by molar-refractivity contribution is 7.00. The molecule has 0 saturated heterocycles. The van der Waals surface area contributed by atoms with Gasteiger partial charge in [0.1, 0.15) is 0 Å². The molecule has 0 aliphatic carbocycles. The van der Waals surface area contributed by atoms with Gasteiger partial charge in [-0.2, -0.15) is 0 Å². The summed E-state index contributed by atoms with van der Waals surface area (Å²) < 4.78 is 0. The molecule has 0 N–H and O–H groups in total. The molecule has 0 atom stereocenters. The Kier molecular flexibility index (Phi) is 11.2. The van der Waals surface area contributed by atoms with Crippen LogP contribution in [0.4, 0.5) is 34.1 Å². The Hall–Kier alpha value is -9.18. The van der Waals surface area contributed by atoms with Gasteiger partial charge in [-0.15, -0.1) is 0 Å². The van der Waals surface area contributed by atoms with Crippen LogP contribution < -0.4 is 26.2 Å². The molecule has 3 heteroatoms. The Morgan fingerprint density at radius 1 is 0.282 bits per heavy atom. The number of benzene rings is 12. The Morgan fingerprint density at radius 2 is 0.718 bits per heavy atom. The molecule has 14 rings (SSSR count). The number of rotatable bonds is 8. The van der Waals surface area contributed by atoms with Crippen molar-refractivity contribution in [3.8, 4) is 44.5 Å². The van der Waals surface area contributed by atoms with Crippen LogP contribution in [-0.4, -0.2) is 6.71 Å². The van der Waals surface area contributed by atoms with Gasteiger partial charge in [0.25, 0.3) is 6.71 Å². The van der Waals surface area contributed by atoms with Gasteiger partial charge in [0, 0.05) is 39.5 Å². The topological polar surface area (TPSA) is 6.48 Å². The second-order valence-electron chi connectivity index (χ2n) is 22.9. The van der Waals surface area contributed by atoms with Crippen molar-refractivity contribution < 1.29 is 0 Å². The van der Waals surface area contributed by atoms with Crippen molar-refractivity contribution in [2.45, 2.75) is 45.4 Å². The summed E-state index contributed by atoms with van der Waals surface area (Å²) in [5.41, 5.74) is 24.2. The van der Waals surface area contributed by atoms with E-state index in [0.29, 0.717) is 0 Å². The fourth-order valence-corrected chi connectivity index (χ4v) is 12.9. The van der Waals surface area contributed by atoms with Crippen molar-refractivity contribution in [2.75, 3.05) is 9.80 Å². The molecular weight excluding hydrogens is 940 g/mol. The second kappa shape index (κ2) is 18.5. The fourth-order valence-electron chi connectivity index (χ4n) is 12.9. The smallest absolute Gasteiger partial charge is 0.252 e. The molecule has 12 aromatic carbocycles. The minimum atomic E-state index is -0.237. The van der Waals surface area contributed by atoms with Gasteiger partial charge in [-0.3, -0.25) is 0 Å². The summed E-state index contributed by atoms with van der Waals surface area (Å²) in [6.07, 6.45) is 0. The highest BCUT2D eigenvalue weighted by atomic mass is 15.2. The molecule has 0 unspecified atom stereocenters. The van der Waals surface area contributed by atoms with Crippen LogP contribution in [0.5, 0.6) is 0 Å². The van der Waals surface area contributed by atoms with E-state index in [1.54, 1.807) is 0 Å². The van der Waals surface area contributed by atoms with Gasteiger partial charge in [0.2, 0.25) is 0 Å². The Bertz CT molecular complexity index is 4200. The van der Waals surface area contributed by atoms with Gasteiger partial charge >= 0.3 is 0 Å². The summed E-state index contributed by atoms with van der Waals surface area (Å²) in [4.78, 5) is 5.08. The van der Waals surface area contributed by atoms with Crippen LogP contribution in [0.1, 0.15) is 51.3 Å². The van der Waals surface area contributed by atoms with Crippen LogP contribution in [0.2, 0.25) is 0 Å². The first-order chi connectivity index (χ1) is 38.1. The quantitative estimate of drug-likeness (QED) is 0.111. The highest BCUT2D eigenvalue weighted by Crippen LogP contribution is 2.49. The monoisotopic (exact) mass is 998 g/mol. The zero-order valence-corrected chi connectivity index (χ0v) is 44.9. The summed E-state index contributed by atoms with van der Waals surface area (Å²) in [7, 11) is 0. The third-order valence-electron chi connectivity index (χ3n) is 16.8. The summed E-state index contributed by atoms with van der Waals surface area (Å²) in [6.45, 7) is 11.6. The molecule has 0 radical (unpaired) electrons. The fraction of sp³-hybridized carbons (Fsp3) is 0.0933. The van der Waals surface area contributed by atoms with Gasteiger partial charge in [-0.1, -0.05) is 235 Å². The molecule has 0 saturated carbocycles. The molecule has 0 spiro atoms. The molecule has 2 aliphatic rings. The van der Waals surface area contributed by atoms with Crippen LogP contribution >= 0.6 is 0 Å². The lowest BCUT2D eigenvalue weighted by molar-refractivity contribution is 0.590. The van der Waals surface area contributed by atoms with Crippen molar-refractivity contribution in [1.29, 1.82) is 0 Å². The Balaban J connectivity index is 1.08. The summed E-state index contributed by atoms with van der Waals surface area (Å²) in [5.74, 6) is 0. The van der Waals surface area contributed by atoms with Gasteiger partial charge in [-0.05, 0) is 171 Å². The van der Waals surface area contributed by atoms with Crippen LogP contribution in [0.15, 0.2) is 267 Å². The number of nitrogens with zero attached hydrogens (tertiary/aromatic N) is 2. The average molecular weight is 999 g/mol. The van der Waals surface area contributed by atoms with E-state index in [1.807, 2.05) is 0 Å². The van der Waals surface area contributed by atoms with E-state index in [-0.39, 0.29) is 17.5 Å². The summed E-state index contributed by atoms with van der Waals surface area (Å²) in [5, 5.41) is 4.96. The normalized spacial score (nSPS) is 12.9. The van der Waals surface area contributed by atoms with E-state index in [1.165, 1.54) is 111 Å². The first-order valence-corrected chi connectivity index (χ1v) is 27.5. The second-order valence-corrected chi connectivity index (χ2v) is 22.9. The molecule has 0 bridgehead atoms. The highest BCUT2D eigenvalue weighted by Gasteiger charge is 2.44. The van der Waals surface area contributed by atoms with Gasteiger partial charge < -0.3 is 9.80 Å². The van der Waals surface area contributed by atoms with Crippen LogP contribution in [0, 0.1) is 0 Å². The van der Waals surface area contributed by atoms with Crippen molar-refractivity contribution in [3.05, 3.63) is 284 Å². The molecule has 0 fully saturated rings. The first kappa shape index (κ1) is 47.3. The van der Waals surface area contributed by atoms with Gasteiger partial charge in [-0.25, -0.2) is 0 Å². The number of anilines is 6. The molecular formula is C75H59BN2. The van der Waals surface area contributed by atoms with Crippen molar-refractivity contribution >= 4 is 78.8 Å². The van der Waals surface area contributed by atoms with Gasteiger partial charge in [0.15, 0.2) is 0 Å². The predicted octanol–water partition coefficient (Wildman–Crippen LogP) is 18.4. The van der Waals surface area contributed by atoms with Crippen molar-refractivity contribution in [2.24, 2.45) is 0 Å². The summed E-state index contributed by atoms with van der Waals surface area (Å²) in [6, 6.07) is 100. The largest absolute Gasteiger partial charge is 0.311 e. The number of hydrogen-bond donors (Lipinski definition) is 0. The number of fused-ring (bicyclic) bond motifs is 6. The lowest BCUT2D eigenvalue weighted by atomic mass is 9.33. The van der Waals surface area contributed by atoms with E-state index in [9.17, 15) is 0 Å². The molecule has 2 aliphatic heterocycles. The lowest BCUT2D eigenvalue weighted by Gasteiger charge is -2.45. The maximum Gasteiger partial charge on any atom is 0.252 e. The summed E-state index contributed by atoms with van der Waals surface area (Å²) >= 11 is 0. The number of para-hydroxylation sites is 3. The van der Waals surface area contributed by atoms with Crippen LogP contribution in [0.3, 0.4) is 0 Å². The van der Waals surface area contributed by atoms with E-state index in [4.69, 9.17) is 0 Å². The van der Waals surface area contributed by atoms with Crippen LogP contribution in [-0.2, 0) is 10.8 Å². The average Bonchev–Trinajstić information content (AvgIpc) is 3.65. The third kappa shape index (κ3) is 7.79. The number of hydrogen-bond acceptors (Lipinski definition) is 2. The zero-order valence-electron chi connectivity index (χ0n) is 44.9. The first-order valence-electron chi connectivity index (χ1n) is 27.5. The molecule has 0 aromatic heterocycles. The maximum atomic E-state index is 2.55.